The molecule has 0 heterocycles. The maximum absolute atomic E-state index is 13.1. The zero-order valence-electron chi connectivity index (χ0n) is 15.5. The maximum Gasteiger partial charge on any atom is 0.224 e. The van der Waals surface area contributed by atoms with Crippen LogP contribution in [0.2, 0.25) is 0 Å². The molecule has 4 saturated carbocycles. The number of benzene rings is 1. The van der Waals surface area contributed by atoms with Crippen molar-refractivity contribution >= 4 is 5.91 Å². The van der Waals surface area contributed by atoms with E-state index in [1.165, 1.54) is 32.1 Å². The van der Waals surface area contributed by atoms with Crippen molar-refractivity contribution in [2.75, 3.05) is 14.2 Å². The summed E-state index contributed by atoms with van der Waals surface area (Å²) in [4.78, 5) is 13.1. The van der Waals surface area contributed by atoms with Crippen LogP contribution in [0.25, 0.3) is 0 Å². The van der Waals surface area contributed by atoms with Crippen molar-refractivity contribution in [2.24, 2.45) is 29.6 Å². The Morgan fingerprint density at radius 1 is 1.04 bits per heavy atom. The van der Waals surface area contributed by atoms with E-state index in [0.29, 0.717) is 11.8 Å². The highest BCUT2D eigenvalue weighted by Crippen LogP contribution is 2.56. The normalized spacial score (nSPS) is 33.8. The molecular formula is C21H29NO3. The van der Waals surface area contributed by atoms with Gasteiger partial charge in [-0.15, -0.1) is 0 Å². The summed E-state index contributed by atoms with van der Waals surface area (Å²) in [6.07, 6.45) is 6.49. The highest BCUT2D eigenvalue weighted by atomic mass is 16.5. The molecule has 4 bridgehead atoms. The lowest BCUT2D eigenvalue weighted by atomic mass is 9.51. The molecule has 1 aromatic carbocycles. The van der Waals surface area contributed by atoms with Crippen LogP contribution in [0.3, 0.4) is 0 Å². The van der Waals surface area contributed by atoms with Crippen LogP contribution in [0.1, 0.15) is 50.6 Å². The number of carbonyl (C=O) groups excluding carboxylic acids is 1. The van der Waals surface area contributed by atoms with E-state index in [1.807, 2.05) is 25.1 Å². The first-order chi connectivity index (χ1) is 12.1. The first-order valence-corrected chi connectivity index (χ1v) is 9.61. The summed E-state index contributed by atoms with van der Waals surface area (Å²) in [7, 11) is 3.30. The minimum Gasteiger partial charge on any atom is -0.497 e. The fraction of sp³-hybridized carbons (Fsp3) is 0.667. The van der Waals surface area contributed by atoms with Crippen molar-refractivity contribution in [1.82, 2.24) is 5.32 Å². The second-order valence-corrected chi connectivity index (χ2v) is 8.29. The van der Waals surface area contributed by atoms with Gasteiger partial charge in [0, 0.05) is 17.5 Å². The number of methoxy groups -OCH3 is 2. The fourth-order valence-corrected chi connectivity index (χ4v) is 5.92. The van der Waals surface area contributed by atoms with Gasteiger partial charge >= 0.3 is 0 Å². The molecule has 1 atom stereocenters. The Balaban J connectivity index is 1.47. The zero-order chi connectivity index (χ0) is 17.6. The number of rotatable bonds is 5. The zero-order valence-corrected chi connectivity index (χ0v) is 15.5. The molecule has 4 aliphatic rings. The average Bonchev–Trinajstić information content (AvgIpc) is 2.60. The van der Waals surface area contributed by atoms with E-state index in [0.717, 1.165) is 28.9 Å². The number of hydrogen-bond donors (Lipinski definition) is 1. The largest absolute Gasteiger partial charge is 0.497 e. The minimum absolute atomic E-state index is 0.0643. The van der Waals surface area contributed by atoms with Gasteiger partial charge in [0.15, 0.2) is 0 Å². The van der Waals surface area contributed by atoms with Crippen LogP contribution >= 0.6 is 0 Å². The fourth-order valence-electron chi connectivity index (χ4n) is 5.92. The third-order valence-corrected chi connectivity index (χ3v) is 6.80. The molecule has 1 aromatic rings. The van der Waals surface area contributed by atoms with E-state index in [1.54, 1.807) is 14.2 Å². The second-order valence-electron chi connectivity index (χ2n) is 8.29. The summed E-state index contributed by atoms with van der Waals surface area (Å²) < 4.78 is 10.8. The van der Waals surface area contributed by atoms with Gasteiger partial charge in [0.05, 0.1) is 20.3 Å². The average molecular weight is 343 g/mol. The Kier molecular flexibility index (Phi) is 4.38. The molecule has 1 N–H and O–H groups in total. The third-order valence-electron chi connectivity index (χ3n) is 6.80. The maximum atomic E-state index is 13.1. The van der Waals surface area contributed by atoms with Crippen LogP contribution < -0.4 is 14.8 Å². The smallest absolute Gasteiger partial charge is 0.224 e. The summed E-state index contributed by atoms with van der Waals surface area (Å²) in [5.74, 6) is 5.01. The van der Waals surface area contributed by atoms with Gasteiger partial charge in [0.25, 0.3) is 0 Å². The molecule has 136 valence electrons. The van der Waals surface area contributed by atoms with Gasteiger partial charge in [-0.05, 0) is 74.8 Å². The Labute approximate surface area is 150 Å². The molecule has 0 aromatic heterocycles. The van der Waals surface area contributed by atoms with E-state index in [2.05, 4.69) is 5.32 Å². The molecule has 1 unspecified atom stereocenters. The number of ether oxygens (including phenoxy) is 2. The van der Waals surface area contributed by atoms with Crippen LogP contribution in [0.5, 0.6) is 11.5 Å². The van der Waals surface area contributed by atoms with Crippen LogP contribution in [-0.2, 0) is 4.79 Å². The molecule has 4 fully saturated rings. The van der Waals surface area contributed by atoms with Gasteiger partial charge < -0.3 is 14.8 Å². The number of carbonyl (C=O) groups is 1. The summed E-state index contributed by atoms with van der Waals surface area (Å²) in [6, 6.07) is 5.72. The van der Waals surface area contributed by atoms with E-state index in [4.69, 9.17) is 9.47 Å². The molecule has 1 amide bonds. The lowest BCUT2D eigenvalue weighted by Gasteiger charge is -2.53. The number of amides is 1. The topological polar surface area (TPSA) is 47.6 Å². The molecule has 0 saturated heterocycles. The molecule has 0 radical (unpaired) electrons. The Bertz CT molecular complexity index is 629. The van der Waals surface area contributed by atoms with Crippen molar-refractivity contribution in [3.05, 3.63) is 23.8 Å². The molecule has 25 heavy (non-hydrogen) atoms. The van der Waals surface area contributed by atoms with Gasteiger partial charge in [-0.3, -0.25) is 4.79 Å². The third kappa shape index (κ3) is 3.00. The quantitative estimate of drug-likeness (QED) is 0.880. The predicted octanol–water partition coefficient (Wildman–Crippen LogP) is 3.95. The summed E-state index contributed by atoms with van der Waals surface area (Å²) in [5.41, 5.74) is 1.00. The second kappa shape index (κ2) is 6.54. The molecule has 4 nitrogen and oxygen atoms in total. The van der Waals surface area contributed by atoms with Gasteiger partial charge in [-0.1, -0.05) is 0 Å². The molecule has 4 aliphatic carbocycles. The Morgan fingerprint density at radius 3 is 2.24 bits per heavy atom. The Morgan fingerprint density at radius 2 is 1.68 bits per heavy atom. The van der Waals surface area contributed by atoms with E-state index < -0.39 is 0 Å². The highest BCUT2D eigenvalue weighted by molar-refractivity contribution is 5.80. The van der Waals surface area contributed by atoms with Crippen LogP contribution in [0, 0.1) is 29.6 Å². The lowest BCUT2D eigenvalue weighted by Crippen LogP contribution is -2.51. The lowest BCUT2D eigenvalue weighted by molar-refractivity contribution is -0.138. The van der Waals surface area contributed by atoms with Gasteiger partial charge in [-0.2, -0.15) is 0 Å². The van der Waals surface area contributed by atoms with Gasteiger partial charge in [0.2, 0.25) is 5.91 Å². The highest BCUT2D eigenvalue weighted by Gasteiger charge is 2.50. The van der Waals surface area contributed by atoms with Crippen LogP contribution in [0.4, 0.5) is 0 Å². The van der Waals surface area contributed by atoms with Crippen molar-refractivity contribution in [1.29, 1.82) is 0 Å². The molecule has 0 spiro atoms. The summed E-state index contributed by atoms with van der Waals surface area (Å²) >= 11 is 0. The SMILES string of the molecule is COc1ccc(C(C)NC(=O)C2C3CC4CC(C3)CC2C4)c(OC)c1. The van der Waals surface area contributed by atoms with E-state index in [9.17, 15) is 4.79 Å². The van der Waals surface area contributed by atoms with Crippen molar-refractivity contribution < 1.29 is 14.3 Å². The first-order valence-electron chi connectivity index (χ1n) is 9.61. The van der Waals surface area contributed by atoms with E-state index in [-0.39, 0.29) is 17.9 Å². The van der Waals surface area contributed by atoms with E-state index >= 15 is 0 Å². The van der Waals surface area contributed by atoms with Crippen molar-refractivity contribution in [2.45, 2.75) is 45.1 Å². The van der Waals surface area contributed by atoms with Crippen molar-refractivity contribution in [3.63, 3.8) is 0 Å². The van der Waals surface area contributed by atoms with Crippen LogP contribution in [-0.4, -0.2) is 20.1 Å². The standard InChI is InChI=1S/C21H29NO3/c1-12(18-5-4-17(24-2)11-19(18)25-3)22-21(23)20-15-7-13-6-14(9-15)10-16(20)8-13/h4-5,11-16,20H,6-10H2,1-3H3,(H,22,23). The summed E-state index contributed by atoms with van der Waals surface area (Å²) in [5, 5.41) is 3.28. The van der Waals surface area contributed by atoms with Gasteiger partial charge in [0.1, 0.15) is 11.5 Å². The molecule has 4 heteroatoms. The monoisotopic (exact) mass is 343 g/mol. The minimum atomic E-state index is -0.0643. The molecule has 0 aliphatic heterocycles. The Hall–Kier alpha value is -1.71. The summed E-state index contributed by atoms with van der Waals surface area (Å²) in [6.45, 7) is 2.04. The number of nitrogens with one attached hydrogen (secondary N) is 1. The van der Waals surface area contributed by atoms with Crippen molar-refractivity contribution in [3.8, 4) is 11.5 Å². The predicted molar refractivity (Wildman–Crippen MR) is 96.6 cm³/mol. The van der Waals surface area contributed by atoms with Gasteiger partial charge in [-0.25, -0.2) is 0 Å². The molecular weight excluding hydrogens is 314 g/mol. The van der Waals surface area contributed by atoms with Crippen LogP contribution in [0.15, 0.2) is 18.2 Å². The number of hydrogen-bond acceptors (Lipinski definition) is 3. The first kappa shape index (κ1) is 16.7. The molecule has 5 rings (SSSR count).